The number of nitrogens with one attached hydrogen (secondary N) is 1. The standard InChI is InChI=1S/C19H14Cl3NO3S2/c1-10-6-13(2-3-14(10)21)25-4-5-26-17-11(7-12(20)9-15(17)22)8-16-18(24)23-19(27)28-16/h2-3,6-9H,4-5H2,1H3,(H,23,24,27). The lowest BCUT2D eigenvalue weighted by atomic mass is 10.2. The van der Waals surface area contributed by atoms with Crippen LogP contribution in [0.3, 0.4) is 0 Å². The molecule has 0 bridgehead atoms. The van der Waals surface area contributed by atoms with Crippen molar-refractivity contribution in [3.8, 4) is 11.5 Å². The van der Waals surface area contributed by atoms with Crippen LogP contribution in [-0.2, 0) is 4.79 Å². The Morgan fingerprint density at radius 1 is 1.11 bits per heavy atom. The molecule has 3 rings (SSSR count). The summed E-state index contributed by atoms with van der Waals surface area (Å²) >= 11 is 24.6. The van der Waals surface area contributed by atoms with Gasteiger partial charge in [-0.2, -0.15) is 0 Å². The van der Waals surface area contributed by atoms with Gasteiger partial charge in [-0.25, -0.2) is 0 Å². The van der Waals surface area contributed by atoms with E-state index >= 15 is 0 Å². The first kappa shape index (κ1) is 21.3. The molecule has 0 saturated carbocycles. The highest BCUT2D eigenvalue weighted by Gasteiger charge is 2.23. The normalized spacial score (nSPS) is 15.1. The van der Waals surface area contributed by atoms with E-state index in [4.69, 9.17) is 56.5 Å². The molecule has 2 aromatic carbocycles. The van der Waals surface area contributed by atoms with E-state index in [1.807, 2.05) is 13.0 Å². The number of carbonyl (C=O) groups excluding carboxylic acids is 1. The van der Waals surface area contributed by atoms with Gasteiger partial charge >= 0.3 is 0 Å². The maximum absolute atomic E-state index is 11.9. The summed E-state index contributed by atoms with van der Waals surface area (Å²) in [6.45, 7) is 2.45. The van der Waals surface area contributed by atoms with E-state index < -0.39 is 0 Å². The van der Waals surface area contributed by atoms with Gasteiger partial charge in [0.05, 0.1) is 9.93 Å². The van der Waals surface area contributed by atoms with Crippen molar-refractivity contribution in [2.45, 2.75) is 6.92 Å². The third kappa shape index (κ3) is 5.33. The molecule has 0 aliphatic carbocycles. The van der Waals surface area contributed by atoms with Gasteiger partial charge in [0.25, 0.3) is 5.91 Å². The fraction of sp³-hybridized carbons (Fsp3) is 0.158. The van der Waals surface area contributed by atoms with Gasteiger partial charge in [0.2, 0.25) is 0 Å². The van der Waals surface area contributed by atoms with Crippen LogP contribution in [0.25, 0.3) is 6.08 Å². The average Bonchev–Trinajstić information content (AvgIpc) is 2.93. The van der Waals surface area contributed by atoms with Crippen molar-refractivity contribution in [2.75, 3.05) is 13.2 Å². The Hall–Kier alpha value is -1.44. The second kappa shape index (κ2) is 9.37. The van der Waals surface area contributed by atoms with Gasteiger partial charge in [-0.05, 0) is 48.9 Å². The molecule has 0 aromatic heterocycles. The minimum absolute atomic E-state index is 0.247. The van der Waals surface area contributed by atoms with Gasteiger partial charge in [-0.15, -0.1) is 0 Å². The topological polar surface area (TPSA) is 47.6 Å². The summed E-state index contributed by atoms with van der Waals surface area (Å²) in [6.07, 6.45) is 1.65. The SMILES string of the molecule is Cc1cc(OCCOc2c(Cl)cc(Cl)cc2C=C2SC(=S)NC2=O)ccc1Cl. The molecule has 0 unspecified atom stereocenters. The predicted octanol–water partition coefficient (Wildman–Crippen LogP) is 5.90. The number of halogens is 3. The number of thioether (sulfide) groups is 1. The maximum Gasteiger partial charge on any atom is 0.263 e. The second-order valence-corrected chi connectivity index (χ2v) is 8.74. The lowest BCUT2D eigenvalue weighted by Crippen LogP contribution is -2.17. The Morgan fingerprint density at radius 2 is 1.86 bits per heavy atom. The number of amides is 1. The number of carbonyl (C=O) groups is 1. The zero-order valence-electron chi connectivity index (χ0n) is 14.6. The van der Waals surface area contributed by atoms with Gasteiger partial charge in [-0.3, -0.25) is 4.79 Å². The molecule has 1 N–H and O–H groups in total. The number of benzene rings is 2. The first-order chi connectivity index (χ1) is 13.3. The fourth-order valence-electron chi connectivity index (χ4n) is 2.41. The van der Waals surface area contributed by atoms with Crippen molar-refractivity contribution in [1.29, 1.82) is 0 Å². The van der Waals surface area contributed by atoms with Crippen molar-refractivity contribution in [3.05, 3.63) is 61.4 Å². The fourth-order valence-corrected chi connectivity index (χ4v) is 4.13. The zero-order valence-corrected chi connectivity index (χ0v) is 18.5. The number of aryl methyl sites for hydroxylation is 1. The minimum atomic E-state index is -0.265. The molecule has 1 saturated heterocycles. The molecule has 1 aliphatic rings. The van der Waals surface area contributed by atoms with Crippen LogP contribution in [0.2, 0.25) is 15.1 Å². The monoisotopic (exact) mass is 473 g/mol. The van der Waals surface area contributed by atoms with Gasteiger partial charge in [0.1, 0.15) is 29.0 Å². The zero-order chi connectivity index (χ0) is 20.3. The Kier molecular flexibility index (Phi) is 7.12. The summed E-state index contributed by atoms with van der Waals surface area (Å²) in [5.41, 5.74) is 1.52. The van der Waals surface area contributed by atoms with Crippen molar-refractivity contribution in [2.24, 2.45) is 0 Å². The second-order valence-electron chi connectivity index (χ2n) is 5.77. The maximum atomic E-state index is 11.9. The molecule has 9 heteroatoms. The Balaban J connectivity index is 1.71. The first-order valence-corrected chi connectivity index (χ1v) is 10.4. The number of ether oxygens (including phenoxy) is 2. The number of rotatable bonds is 6. The van der Waals surface area contributed by atoms with Crippen LogP contribution in [-0.4, -0.2) is 23.4 Å². The third-order valence-electron chi connectivity index (χ3n) is 3.69. The molecule has 1 aliphatic heterocycles. The van der Waals surface area contributed by atoms with Crippen molar-refractivity contribution in [3.63, 3.8) is 0 Å². The van der Waals surface area contributed by atoms with Gasteiger partial charge < -0.3 is 14.8 Å². The minimum Gasteiger partial charge on any atom is -0.490 e. The van der Waals surface area contributed by atoms with Crippen LogP contribution in [0.15, 0.2) is 35.2 Å². The molecule has 0 radical (unpaired) electrons. The Labute approximate surface area is 187 Å². The summed E-state index contributed by atoms with van der Waals surface area (Å²) < 4.78 is 11.9. The summed E-state index contributed by atoms with van der Waals surface area (Å²) in [4.78, 5) is 12.4. The van der Waals surface area contributed by atoms with Gasteiger partial charge in [0, 0.05) is 15.6 Å². The van der Waals surface area contributed by atoms with Crippen LogP contribution in [0.5, 0.6) is 11.5 Å². The lowest BCUT2D eigenvalue weighted by molar-refractivity contribution is -0.115. The molecule has 4 nitrogen and oxygen atoms in total. The van der Waals surface area contributed by atoms with Gasteiger partial charge in [0.15, 0.2) is 0 Å². The van der Waals surface area contributed by atoms with E-state index in [0.717, 1.165) is 5.56 Å². The molecule has 2 aromatic rings. The highest BCUT2D eigenvalue weighted by atomic mass is 35.5. The van der Waals surface area contributed by atoms with Crippen molar-refractivity contribution < 1.29 is 14.3 Å². The van der Waals surface area contributed by atoms with Crippen LogP contribution < -0.4 is 14.8 Å². The van der Waals surface area contributed by atoms with E-state index in [0.29, 0.717) is 48.0 Å². The molecule has 1 fully saturated rings. The Bertz CT molecular complexity index is 979. The van der Waals surface area contributed by atoms with Crippen molar-refractivity contribution >= 4 is 75.1 Å². The van der Waals surface area contributed by atoms with Crippen molar-refractivity contribution in [1.82, 2.24) is 5.32 Å². The summed E-state index contributed by atoms with van der Waals surface area (Å²) in [7, 11) is 0. The van der Waals surface area contributed by atoms with E-state index in [-0.39, 0.29) is 12.5 Å². The molecule has 0 spiro atoms. The molecular weight excluding hydrogens is 461 g/mol. The quantitative estimate of drug-likeness (QED) is 0.321. The number of hydrogen-bond donors (Lipinski definition) is 1. The largest absolute Gasteiger partial charge is 0.490 e. The lowest BCUT2D eigenvalue weighted by Gasteiger charge is -2.13. The molecule has 28 heavy (non-hydrogen) atoms. The summed E-state index contributed by atoms with van der Waals surface area (Å²) in [5.74, 6) is 0.849. The number of hydrogen-bond acceptors (Lipinski definition) is 5. The van der Waals surface area contributed by atoms with Crippen LogP contribution in [0, 0.1) is 6.92 Å². The van der Waals surface area contributed by atoms with E-state index in [9.17, 15) is 4.79 Å². The highest BCUT2D eigenvalue weighted by molar-refractivity contribution is 8.26. The predicted molar refractivity (Wildman–Crippen MR) is 120 cm³/mol. The first-order valence-electron chi connectivity index (χ1n) is 8.09. The smallest absolute Gasteiger partial charge is 0.263 e. The summed E-state index contributed by atoms with van der Waals surface area (Å²) in [6, 6.07) is 8.68. The van der Waals surface area contributed by atoms with E-state index in [1.165, 1.54) is 11.8 Å². The Morgan fingerprint density at radius 3 is 2.54 bits per heavy atom. The van der Waals surface area contributed by atoms with Crippen LogP contribution in [0.4, 0.5) is 0 Å². The average molecular weight is 475 g/mol. The summed E-state index contributed by atoms with van der Waals surface area (Å²) in [5, 5.41) is 4.02. The molecule has 0 atom stereocenters. The molecule has 1 amide bonds. The molecular formula is C19H14Cl3NO3S2. The third-order valence-corrected chi connectivity index (χ3v) is 5.78. The van der Waals surface area contributed by atoms with Gasteiger partial charge in [-0.1, -0.05) is 58.8 Å². The molecule has 146 valence electrons. The van der Waals surface area contributed by atoms with E-state index in [2.05, 4.69) is 5.32 Å². The highest BCUT2D eigenvalue weighted by Crippen LogP contribution is 2.36. The van der Waals surface area contributed by atoms with E-state index in [1.54, 1.807) is 30.3 Å². The number of thiocarbonyl (C=S) groups is 1. The van der Waals surface area contributed by atoms with Crippen LogP contribution >= 0.6 is 58.8 Å². The van der Waals surface area contributed by atoms with Crippen LogP contribution in [0.1, 0.15) is 11.1 Å². The molecule has 1 heterocycles.